The summed E-state index contributed by atoms with van der Waals surface area (Å²) in [6.07, 6.45) is 2.74. The summed E-state index contributed by atoms with van der Waals surface area (Å²) in [5.74, 6) is 0.429. The van der Waals surface area contributed by atoms with E-state index in [2.05, 4.69) is 57.9 Å². The quantitative estimate of drug-likeness (QED) is 0.413. The minimum Gasteiger partial charge on any atom is -0.482 e. The number of thiophene rings is 1. The Morgan fingerprint density at radius 3 is 2.58 bits per heavy atom. The Morgan fingerprint density at radius 2 is 1.97 bits per heavy atom. The van der Waals surface area contributed by atoms with E-state index in [1.165, 1.54) is 18.4 Å². The van der Waals surface area contributed by atoms with E-state index in [-0.39, 0.29) is 17.9 Å². The molecule has 0 spiro atoms. The van der Waals surface area contributed by atoms with Crippen LogP contribution in [-0.2, 0) is 22.4 Å². The Bertz CT molecular complexity index is 987. The first kappa shape index (κ1) is 24.3. The van der Waals surface area contributed by atoms with Crippen molar-refractivity contribution in [3.8, 4) is 5.75 Å². The highest BCUT2D eigenvalue weighted by atomic mass is 79.9. The number of halogens is 2. The second-order valence-corrected chi connectivity index (χ2v) is 11.8. The zero-order chi connectivity index (χ0) is 22.9. The van der Waals surface area contributed by atoms with Crippen LogP contribution in [0.3, 0.4) is 0 Å². The molecule has 2 aromatic rings. The molecule has 1 aliphatic carbocycles. The molecule has 0 saturated heterocycles. The predicted molar refractivity (Wildman–Crippen MR) is 131 cm³/mol. The minimum absolute atomic E-state index is 0.158. The standard InChI is InChI=1S/C23H27Br2NO4S/c1-12-8-14(24)10-16(25)20(12)30-11-18(27)26-21-19(22(28)29-5)15-7-6-13(23(2,3)4)9-17(15)31-21/h8,10,13H,6-7,9,11H2,1-5H3,(H,26,27). The summed E-state index contributed by atoms with van der Waals surface area (Å²) in [7, 11) is 1.37. The molecule has 0 fully saturated rings. The van der Waals surface area contributed by atoms with E-state index in [0.717, 1.165) is 44.2 Å². The Balaban J connectivity index is 1.79. The normalized spacial score (nSPS) is 15.9. The van der Waals surface area contributed by atoms with E-state index in [1.54, 1.807) is 0 Å². The number of carbonyl (C=O) groups is 2. The molecule has 5 nitrogen and oxygen atoms in total. The Labute approximate surface area is 204 Å². The lowest BCUT2D eigenvalue weighted by Crippen LogP contribution is -2.26. The number of ether oxygens (including phenoxy) is 2. The van der Waals surface area contributed by atoms with Crippen LogP contribution in [-0.4, -0.2) is 25.6 Å². The summed E-state index contributed by atoms with van der Waals surface area (Å²) >= 11 is 8.39. The van der Waals surface area contributed by atoms with Crippen molar-refractivity contribution in [2.45, 2.75) is 47.0 Å². The average Bonchev–Trinajstić information content (AvgIpc) is 3.02. The summed E-state index contributed by atoms with van der Waals surface area (Å²) in [5, 5.41) is 3.43. The number of anilines is 1. The first-order valence-corrected chi connectivity index (χ1v) is 12.5. The lowest BCUT2D eigenvalue weighted by molar-refractivity contribution is -0.118. The van der Waals surface area contributed by atoms with Crippen LogP contribution in [0.15, 0.2) is 21.1 Å². The molecule has 31 heavy (non-hydrogen) atoms. The Hall–Kier alpha value is -1.38. The van der Waals surface area contributed by atoms with Crippen molar-refractivity contribution in [1.82, 2.24) is 0 Å². The van der Waals surface area contributed by atoms with E-state index in [9.17, 15) is 9.59 Å². The van der Waals surface area contributed by atoms with Crippen molar-refractivity contribution >= 4 is 60.1 Å². The maximum Gasteiger partial charge on any atom is 0.341 e. The highest BCUT2D eigenvalue weighted by molar-refractivity contribution is 9.11. The summed E-state index contributed by atoms with van der Waals surface area (Å²) in [6.45, 7) is 8.51. The number of methoxy groups -OCH3 is 1. The number of aryl methyl sites for hydroxylation is 1. The summed E-state index contributed by atoms with van der Waals surface area (Å²) in [6, 6.07) is 3.79. The monoisotopic (exact) mass is 571 g/mol. The largest absolute Gasteiger partial charge is 0.482 e. The fourth-order valence-corrected chi connectivity index (χ4v) is 6.79. The smallest absolute Gasteiger partial charge is 0.341 e. The van der Waals surface area contributed by atoms with Gasteiger partial charge in [-0.1, -0.05) is 36.7 Å². The molecule has 1 amide bonds. The van der Waals surface area contributed by atoms with Crippen LogP contribution < -0.4 is 10.1 Å². The summed E-state index contributed by atoms with van der Waals surface area (Å²) in [4.78, 5) is 26.3. The molecule has 0 radical (unpaired) electrons. The molecule has 1 atom stereocenters. The molecule has 1 aliphatic rings. The third-order valence-electron chi connectivity index (χ3n) is 5.67. The van der Waals surface area contributed by atoms with Gasteiger partial charge in [0.05, 0.1) is 17.1 Å². The average molecular weight is 573 g/mol. The van der Waals surface area contributed by atoms with Crippen LogP contribution in [0.1, 0.15) is 53.6 Å². The molecule has 0 aliphatic heterocycles. The number of fused-ring (bicyclic) bond motifs is 1. The van der Waals surface area contributed by atoms with Gasteiger partial charge < -0.3 is 14.8 Å². The second-order valence-electron chi connectivity index (χ2n) is 8.88. The van der Waals surface area contributed by atoms with Crippen molar-refractivity contribution < 1.29 is 19.1 Å². The number of carbonyl (C=O) groups excluding carboxylic acids is 2. The van der Waals surface area contributed by atoms with Gasteiger partial charge in [-0.25, -0.2) is 4.79 Å². The van der Waals surface area contributed by atoms with Crippen molar-refractivity contribution in [3.63, 3.8) is 0 Å². The SMILES string of the molecule is COC(=O)c1c(NC(=O)COc2c(C)cc(Br)cc2Br)sc2c1CCC(C(C)(C)C)C2. The first-order valence-electron chi connectivity index (χ1n) is 10.1. The van der Waals surface area contributed by atoms with Crippen LogP contribution in [0.4, 0.5) is 5.00 Å². The molecular formula is C23H27Br2NO4S. The van der Waals surface area contributed by atoms with Crippen molar-refractivity contribution in [3.05, 3.63) is 42.6 Å². The van der Waals surface area contributed by atoms with E-state index in [1.807, 2.05) is 19.1 Å². The van der Waals surface area contributed by atoms with Crippen molar-refractivity contribution in [2.75, 3.05) is 19.0 Å². The lowest BCUT2D eigenvalue weighted by Gasteiger charge is -2.33. The van der Waals surface area contributed by atoms with E-state index in [0.29, 0.717) is 22.2 Å². The molecule has 1 aromatic carbocycles. The van der Waals surface area contributed by atoms with Gasteiger partial charge in [-0.15, -0.1) is 11.3 Å². The minimum atomic E-state index is -0.408. The van der Waals surface area contributed by atoms with Gasteiger partial charge in [0.25, 0.3) is 5.91 Å². The third kappa shape index (κ3) is 5.52. The molecule has 1 N–H and O–H groups in total. The molecule has 8 heteroatoms. The maximum atomic E-state index is 12.7. The molecule has 1 heterocycles. The fraction of sp³-hybridized carbons (Fsp3) is 0.478. The third-order valence-corrected chi connectivity index (χ3v) is 7.89. The fourth-order valence-electron chi connectivity index (χ4n) is 3.90. The molecule has 3 rings (SSSR count). The van der Waals surface area contributed by atoms with Gasteiger partial charge in [-0.05, 0) is 76.7 Å². The Kier molecular flexibility index (Phi) is 7.54. The van der Waals surface area contributed by atoms with Crippen LogP contribution in [0.25, 0.3) is 0 Å². The van der Waals surface area contributed by atoms with Crippen molar-refractivity contribution in [1.29, 1.82) is 0 Å². The Morgan fingerprint density at radius 1 is 1.26 bits per heavy atom. The van der Waals surface area contributed by atoms with Crippen LogP contribution >= 0.6 is 43.2 Å². The molecule has 168 valence electrons. The molecule has 1 aromatic heterocycles. The molecule has 0 bridgehead atoms. The van der Waals surface area contributed by atoms with Gasteiger partial charge in [0.1, 0.15) is 10.8 Å². The topological polar surface area (TPSA) is 64.6 Å². The lowest BCUT2D eigenvalue weighted by atomic mass is 9.72. The van der Waals surface area contributed by atoms with Gasteiger partial charge in [0.15, 0.2) is 6.61 Å². The highest BCUT2D eigenvalue weighted by Crippen LogP contribution is 2.44. The number of esters is 1. The summed E-state index contributed by atoms with van der Waals surface area (Å²) < 4.78 is 12.5. The van der Waals surface area contributed by atoms with Crippen LogP contribution in [0, 0.1) is 18.3 Å². The van der Waals surface area contributed by atoms with Crippen LogP contribution in [0.5, 0.6) is 5.75 Å². The van der Waals surface area contributed by atoms with E-state index >= 15 is 0 Å². The first-order chi connectivity index (χ1) is 14.5. The maximum absolute atomic E-state index is 12.7. The number of hydrogen-bond donors (Lipinski definition) is 1. The number of hydrogen-bond acceptors (Lipinski definition) is 5. The van der Waals surface area contributed by atoms with E-state index in [4.69, 9.17) is 9.47 Å². The zero-order valence-electron chi connectivity index (χ0n) is 18.4. The molecule has 0 saturated carbocycles. The number of benzene rings is 1. The van der Waals surface area contributed by atoms with Gasteiger partial charge in [-0.3, -0.25) is 4.79 Å². The number of nitrogens with one attached hydrogen (secondary N) is 1. The van der Waals surface area contributed by atoms with Crippen molar-refractivity contribution in [2.24, 2.45) is 11.3 Å². The van der Waals surface area contributed by atoms with Gasteiger partial charge in [0.2, 0.25) is 0 Å². The van der Waals surface area contributed by atoms with Crippen LogP contribution in [0.2, 0.25) is 0 Å². The highest BCUT2D eigenvalue weighted by Gasteiger charge is 2.34. The summed E-state index contributed by atoms with van der Waals surface area (Å²) in [5.41, 5.74) is 2.61. The predicted octanol–water partition coefficient (Wildman–Crippen LogP) is 6.54. The number of rotatable bonds is 5. The van der Waals surface area contributed by atoms with Gasteiger partial charge in [-0.2, -0.15) is 0 Å². The number of amides is 1. The second kappa shape index (κ2) is 9.63. The zero-order valence-corrected chi connectivity index (χ0v) is 22.3. The van der Waals surface area contributed by atoms with E-state index < -0.39 is 5.97 Å². The van der Waals surface area contributed by atoms with Gasteiger partial charge >= 0.3 is 5.97 Å². The van der Waals surface area contributed by atoms with Gasteiger partial charge in [0, 0.05) is 9.35 Å². The molecular weight excluding hydrogens is 546 g/mol. The molecule has 1 unspecified atom stereocenters.